The number of aliphatic hydroxyl groups excluding tert-OH is 2. The van der Waals surface area contributed by atoms with Crippen LogP contribution in [0.15, 0.2) is 90.1 Å². The number of amides is 1. The van der Waals surface area contributed by atoms with Gasteiger partial charge in [0.05, 0.1) is 0 Å². The SMILES string of the molecule is CC/C=C(/C(O)C(O)C(=O)NCc1ccc(C2=C(c3nccs3)C=CCS2)cc1)N(C)Cc1ccccc1. The topological polar surface area (TPSA) is 85.7 Å². The van der Waals surface area contributed by atoms with E-state index < -0.39 is 18.1 Å². The van der Waals surface area contributed by atoms with E-state index in [1.165, 1.54) is 4.91 Å². The van der Waals surface area contributed by atoms with Gasteiger partial charge in [0.25, 0.3) is 5.91 Å². The van der Waals surface area contributed by atoms with Crippen molar-refractivity contribution in [2.75, 3.05) is 12.8 Å². The Morgan fingerprint density at radius 1 is 1.11 bits per heavy atom. The van der Waals surface area contributed by atoms with Gasteiger partial charge < -0.3 is 20.4 Å². The molecule has 2 atom stereocenters. The molecule has 0 radical (unpaired) electrons. The minimum atomic E-state index is -1.58. The summed E-state index contributed by atoms with van der Waals surface area (Å²) in [6, 6.07) is 17.9. The monoisotopic (exact) mass is 547 g/mol. The molecule has 2 unspecified atom stereocenters. The van der Waals surface area contributed by atoms with E-state index in [1.807, 2.05) is 91.1 Å². The molecule has 1 aromatic heterocycles. The van der Waals surface area contributed by atoms with E-state index in [-0.39, 0.29) is 6.54 Å². The second kappa shape index (κ2) is 13.6. The molecule has 3 aromatic rings. The first kappa shape index (κ1) is 27.9. The Labute approximate surface area is 232 Å². The summed E-state index contributed by atoms with van der Waals surface area (Å²) in [6.45, 7) is 2.76. The Balaban J connectivity index is 1.37. The average Bonchev–Trinajstić information content (AvgIpc) is 3.50. The van der Waals surface area contributed by atoms with E-state index in [0.29, 0.717) is 18.7 Å². The highest BCUT2D eigenvalue weighted by Gasteiger charge is 2.29. The zero-order chi connectivity index (χ0) is 26.9. The molecule has 38 heavy (non-hydrogen) atoms. The third-order valence-corrected chi connectivity index (χ3v) is 8.10. The van der Waals surface area contributed by atoms with E-state index in [2.05, 4.69) is 22.5 Å². The number of carbonyl (C=O) groups excluding carboxylic acids is 1. The Morgan fingerprint density at radius 2 is 1.87 bits per heavy atom. The van der Waals surface area contributed by atoms with Crippen LogP contribution in [0.4, 0.5) is 0 Å². The normalized spacial score (nSPS) is 15.3. The predicted octanol–water partition coefficient (Wildman–Crippen LogP) is 5.08. The lowest BCUT2D eigenvalue weighted by atomic mass is 10.1. The zero-order valence-corrected chi connectivity index (χ0v) is 23.2. The lowest BCUT2D eigenvalue weighted by molar-refractivity contribution is -0.134. The first-order chi connectivity index (χ1) is 18.5. The van der Waals surface area contributed by atoms with Crippen molar-refractivity contribution in [2.24, 2.45) is 0 Å². The third kappa shape index (κ3) is 7.02. The van der Waals surface area contributed by atoms with Crippen LogP contribution in [0, 0.1) is 0 Å². The maximum Gasteiger partial charge on any atom is 0.252 e. The van der Waals surface area contributed by atoms with Gasteiger partial charge in [-0.15, -0.1) is 23.1 Å². The van der Waals surface area contributed by atoms with Crippen molar-refractivity contribution >= 4 is 39.5 Å². The lowest BCUT2D eigenvalue weighted by Gasteiger charge is -2.29. The summed E-state index contributed by atoms with van der Waals surface area (Å²) < 4.78 is 0. The molecule has 1 amide bonds. The van der Waals surface area contributed by atoms with E-state index in [4.69, 9.17) is 0 Å². The summed E-state index contributed by atoms with van der Waals surface area (Å²) >= 11 is 3.40. The summed E-state index contributed by atoms with van der Waals surface area (Å²) in [7, 11) is 1.85. The van der Waals surface area contributed by atoms with E-state index >= 15 is 0 Å². The number of rotatable bonds is 11. The highest BCUT2D eigenvalue weighted by atomic mass is 32.2. The van der Waals surface area contributed by atoms with Crippen LogP contribution < -0.4 is 5.32 Å². The van der Waals surface area contributed by atoms with Gasteiger partial charge in [-0.3, -0.25) is 4.79 Å². The third-order valence-electron chi connectivity index (χ3n) is 6.19. The van der Waals surface area contributed by atoms with Gasteiger partial charge in [0.2, 0.25) is 0 Å². The van der Waals surface area contributed by atoms with Crippen molar-refractivity contribution in [1.82, 2.24) is 15.2 Å². The van der Waals surface area contributed by atoms with Crippen LogP contribution in [-0.2, 0) is 17.9 Å². The van der Waals surface area contributed by atoms with Crippen molar-refractivity contribution in [3.8, 4) is 0 Å². The number of thiazole rings is 1. The first-order valence-electron chi connectivity index (χ1n) is 12.6. The summed E-state index contributed by atoms with van der Waals surface area (Å²) in [6.07, 6.45) is 5.69. The molecule has 2 heterocycles. The Hall–Kier alpha value is -3.17. The largest absolute Gasteiger partial charge is 0.384 e. The molecule has 2 aromatic carbocycles. The van der Waals surface area contributed by atoms with Crippen molar-refractivity contribution in [3.05, 3.63) is 112 Å². The van der Waals surface area contributed by atoms with Crippen molar-refractivity contribution in [3.63, 3.8) is 0 Å². The highest BCUT2D eigenvalue weighted by Crippen LogP contribution is 2.39. The van der Waals surface area contributed by atoms with Gasteiger partial charge in [0.15, 0.2) is 6.10 Å². The van der Waals surface area contributed by atoms with E-state index in [1.54, 1.807) is 23.1 Å². The average molecular weight is 548 g/mol. The molecule has 4 rings (SSSR count). The van der Waals surface area contributed by atoms with Crippen molar-refractivity contribution < 1.29 is 15.0 Å². The predicted molar refractivity (Wildman–Crippen MR) is 157 cm³/mol. The van der Waals surface area contributed by atoms with Gasteiger partial charge in [0.1, 0.15) is 11.1 Å². The number of nitrogens with zero attached hydrogens (tertiary/aromatic N) is 2. The van der Waals surface area contributed by atoms with E-state index in [0.717, 1.165) is 33.0 Å². The molecule has 1 aliphatic heterocycles. The number of aromatic nitrogens is 1. The minimum Gasteiger partial charge on any atom is -0.384 e. The lowest BCUT2D eigenvalue weighted by Crippen LogP contribution is -2.45. The zero-order valence-electron chi connectivity index (χ0n) is 21.6. The Bertz CT molecular complexity index is 1290. The van der Waals surface area contributed by atoms with Gasteiger partial charge in [-0.2, -0.15) is 0 Å². The van der Waals surface area contributed by atoms with Gasteiger partial charge >= 0.3 is 0 Å². The fourth-order valence-electron chi connectivity index (χ4n) is 4.25. The number of allylic oxidation sites excluding steroid dienone is 3. The quantitative estimate of drug-likeness (QED) is 0.311. The number of thioether (sulfide) groups is 1. The molecule has 0 aliphatic carbocycles. The van der Waals surface area contributed by atoms with E-state index in [9.17, 15) is 15.0 Å². The molecule has 0 saturated heterocycles. The number of likely N-dealkylation sites (N-methyl/N-ethyl adjacent to an activating group) is 1. The maximum atomic E-state index is 12.7. The molecule has 6 nitrogen and oxygen atoms in total. The van der Waals surface area contributed by atoms with Crippen LogP contribution in [-0.4, -0.2) is 51.0 Å². The number of carbonyl (C=O) groups is 1. The molecule has 0 fully saturated rings. The van der Waals surface area contributed by atoms with Gasteiger partial charge in [-0.05, 0) is 23.1 Å². The molecular weight excluding hydrogens is 514 g/mol. The smallest absolute Gasteiger partial charge is 0.252 e. The molecule has 198 valence electrons. The molecular formula is C30H33N3O3S2. The molecule has 0 saturated carbocycles. The molecule has 0 bridgehead atoms. The van der Waals surface area contributed by atoms with Crippen LogP contribution in [0.1, 0.15) is 35.0 Å². The number of nitrogens with one attached hydrogen (secondary N) is 1. The molecule has 1 aliphatic rings. The van der Waals surface area contributed by atoms with Gasteiger partial charge in [-0.1, -0.05) is 79.7 Å². The van der Waals surface area contributed by atoms with Gasteiger partial charge in [-0.25, -0.2) is 4.98 Å². The maximum absolute atomic E-state index is 12.7. The molecule has 0 spiro atoms. The number of benzene rings is 2. The fourth-order valence-corrected chi connectivity index (χ4v) is 5.96. The summed E-state index contributed by atoms with van der Waals surface area (Å²) in [4.78, 5) is 20.3. The first-order valence-corrected chi connectivity index (χ1v) is 14.5. The van der Waals surface area contributed by atoms with Crippen LogP contribution in [0.25, 0.3) is 10.5 Å². The summed E-state index contributed by atoms with van der Waals surface area (Å²) in [5, 5.41) is 27.3. The van der Waals surface area contributed by atoms with Crippen LogP contribution in [0.2, 0.25) is 0 Å². The van der Waals surface area contributed by atoms with Gasteiger partial charge in [0, 0.05) is 53.6 Å². The van der Waals surface area contributed by atoms with Crippen molar-refractivity contribution in [1.29, 1.82) is 0 Å². The second-order valence-electron chi connectivity index (χ2n) is 8.98. The Kier molecular flexibility index (Phi) is 9.95. The number of hydrogen-bond acceptors (Lipinski definition) is 7. The van der Waals surface area contributed by atoms with Crippen molar-refractivity contribution in [2.45, 2.75) is 38.6 Å². The fraction of sp³-hybridized carbons (Fsp3) is 0.267. The Morgan fingerprint density at radius 3 is 2.55 bits per heavy atom. The minimum absolute atomic E-state index is 0.251. The standard InChI is InChI=1S/C30H33N3O3S2/c1-3-8-25(33(2)20-22-9-5-4-6-10-22)26(34)27(35)29(36)32-19-21-12-14-23(15-13-21)28-24(11-7-17-37-28)30-31-16-18-38-30/h4-16,18,26-27,34-35H,3,17,19-20H2,1-2H3,(H,32,36)/b25-8-. The van der Waals surface area contributed by atoms with Crippen LogP contribution >= 0.6 is 23.1 Å². The molecule has 8 heteroatoms. The molecule has 3 N–H and O–H groups in total. The second-order valence-corrected chi connectivity index (χ2v) is 10.9. The van der Waals surface area contributed by atoms with Crippen LogP contribution in [0.5, 0.6) is 0 Å². The number of hydrogen-bond donors (Lipinski definition) is 3. The summed E-state index contributed by atoms with van der Waals surface area (Å²) in [5.41, 5.74) is 4.73. The number of aliphatic hydroxyl groups is 2. The summed E-state index contributed by atoms with van der Waals surface area (Å²) in [5.74, 6) is 0.301. The van der Waals surface area contributed by atoms with Crippen LogP contribution in [0.3, 0.4) is 0 Å². The highest BCUT2D eigenvalue weighted by molar-refractivity contribution is 8.08.